The lowest BCUT2D eigenvalue weighted by atomic mass is 10.0. The molecule has 1 atom stereocenters. The van der Waals surface area contributed by atoms with E-state index in [9.17, 15) is 18.0 Å². The zero-order valence-electron chi connectivity index (χ0n) is 14.1. The molecular weight excluding hydrogens is 330 g/mol. The second kappa shape index (κ2) is 6.90. The van der Waals surface area contributed by atoms with E-state index in [2.05, 4.69) is 5.32 Å². The first-order chi connectivity index (χ1) is 11.2. The van der Waals surface area contributed by atoms with Crippen LogP contribution in [0.5, 0.6) is 0 Å². The van der Waals surface area contributed by atoms with Gasteiger partial charge in [0, 0.05) is 24.7 Å². The largest absolute Gasteiger partial charge is 0.348 e. The molecule has 0 spiro atoms. The van der Waals surface area contributed by atoms with Gasteiger partial charge in [-0.25, -0.2) is 12.7 Å². The zero-order valence-corrected chi connectivity index (χ0v) is 14.9. The molecule has 0 aromatic heterocycles. The maximum absolute atomic E-state index is 12.4. The first-order valence-corrected chi connectivity index (χ1v) is 9.38. The third kappa shape index (κ3) is 3.29. The Balaban J connectivity index is 2.30. The van der Waals surface area contributed by atoms with Gasteiger partial charge in [-0.15, -0.1) is 0 Å². The summed E-state index contributed by atoms with van der Waals surface area (Å²) in [6, 6.07) is 3.93. The molecule has 8 heteroatoms. The summed E-state index contributed by atoms with van der Waals surface area (Å²) in [6.45, 7) is 6.01. The van der Waals surface area contributed by atoms with Gasteiger partial charge in [-0.05, 0) is 37.5 Å². The van der Waals surface area contributed by atoms with Gasteiger partial charge in [0.25, 0.3) is 21.8 Å². The highest BCUT2D eigenvalue weighted by atomic mass is 32.2. The first kappa shape index (κ1) is 18.4. The summed E-state index contributed by atoms with van der Waals surface area (Å²) in [5.74, 6) is -0.583. The first-order valence-electron chi connectivity index (χ1n) is 7.94. The van der Waals surface area contributed by atoms with Gasteiger partial charge < -0.3 is 11.1 Å². The number of rotatable bonds is 6. The number of amides is 2. The lowest BCUT2D eigenvalue weighted by molar-refractivity contribution is 0.0873. The van der Waals surface area contributed by atoms with Gasteiger partial charge in [0.05, 0.1) is 5.56 Å². The molecular formula is C16H23N3O4S. The summed E-state index contributed by atoms with van der Waals surface area (Å²) in [7, 11) is -3.88. The maximum atomic E-state index is 12.4. The Hall–Kier alpha value is -1.93. The molecule has 2 rings (SSSR count). The lowest BCUT2D eigenvalue weighted by Crippen LogP contribution is -2.41. The number of carbonyl (C=O) groups is 2. The van der Waals surface area contributed by atoms with Crippen LogP contribution in [0.1, 0.15) is 47.9 Å². The highest BCUT2D eigenvalue weighted by Crippen LogP contribution is 2.30. The fraction of sp³-hybridized carbons (Fsp3) is 0.500. The van der Waals surface area contributed by atoms with Crippen LogP contribution in [0.15, 0.2) is 23.1 Å². The molecule has 1 aliphatic rings. The fourth-order valence-electron chi connectivity index (χ4n) is 2.78. The second-order valence-corrected chi connectivity index (χ2v) is 8.05. The van der Waals surface area contributed by atoms with E-state index < -0.39 is 21.8 Å². The van der Waals surface area contributed by atoms with Gasteiger partial charge in [-0.1, -0.05) is 13.8 Å². The summed E-state index contributed by atoms with van der Waals surface area (Å²) in [5, 5.41) is 2.81. The maximum Gasteiger partial charge on any atom is 0.268 e. The summed E-state index contributed by atoms with van der Waals surface area (Å²) in [4.78, 5) is 24.4. The lowest BCUT2D eigenvalue weighted by Gasteiger charge is -2.19. The van der Waals surface area contributed by atoms with Gasteiger partial charge in [0.1, 0.15) is 4.90 Å². The topological polar surface area (TPSA) is 110 Å². The normalized spacial score (nSPS) is 17.0. The van der Waals surface area contributed by atoms with Crippen LogP contribution in [0.3, 0.4) is 0 Å². The van der Waals surface area contributed by atoms with Crippen LogP contribution in [0.25, 0.3) is 0 Å². The van der Waals surface area contributed by atoms with Crippen LogP contribution in [0.2, 0.25) is 0 Å². The Bertz CT molecular complexity index is 759. The van der Waals surface area contributed by atoms with Crippen molar-refractivity contribution in [2.24, 2.45) is 11.7 Å². The highest BCUT2D eigenvalue weighted by Gasteiger charge is 2.40. The number of sulfonamides is 1. The van der Waals surface area contributed by atoms with E-state index in [1.807, 2.05) is 13.8 Å². The summed E-state index contributed by atoms with van der Waals surface area (Å²) < 4.78 is 25.6. The zero-order chi connectivity index (χ0) is 18.1. The number of carbonyl (C=O) groups excluding carboxylic acids is 2. The van der Waals surface area contributed by atoms with E-state index in [0.717, 1.165) is 10.7 Å². The quantitative estimate of drug-likeness (QED) is 0.791. The predicted octanol–water partition coefficient (Wildman–Crippen LogP) is 0.954. The Morgan fingerprint density at radius 1 is 1.33 bits per heavy atom. The van der Waals surface area contributed by atoms with Gasteiger partial charge in [0.15, 0.2) is 0 Å². The molecule has 7 nitrogen and oxygen atoms in total. The number of hydrogen-bond donors (Lipinski definition) is 2. The molecule has 0 bridgehead atoms. The van der Waals surface area contributed by atoms with E-state index >= 15 is 0 Å². The van der Waals surface area contributed by atoms with Crippen molar-refractivity contribution in [1.82, 2.24) is 9.62 Å². The SMILES string of the molecule is CCN1C(=O)c2ccc(C(=O)NC(CN)CC(C)C)cc2S1(=O)=O. The smallest absolute Gasteiger partial charge is 0.268 e. The molecule has 0 fully saturated rings. The van der Waals surface area contributed by atoms with Crippen molar-refractivity contribution in [1.29, 1.82) is 0 Å². The standard InChI is InChI=1S/C16H23N3O4S/c1-4-19-16(21)13-6-5-11(8-14(13)24(19,22)23)15(20)18-12(9-17)7-10(2)3/h5-6,8,10,12H,4,7,9,17H2,1-3H3,(H,18,20). The van der Waals surface area contributed by atoms with E-state index in [1.54, 1.807) is 6.92 Å². The van der Waals surface area contributed by atoms with Crippen molar-refractivity contribution < 1.29 is 18.0 Å². The van der Waals surface area contributed by atoms with Crippen LogP contribution in [-0.2, 0) is 10.0 Å². The minimum Gasteiger partial charge on any atom is -0.348 e. The van der Waals surface area contributed by atoms with E-state index in [4.69, 9.17) is 5.73 Å². The van der Waals surface area contributed by atoms with Crippen LogP contribution in [0.4, 0.5) is 0 Å². The number of nitrogens with zero attached hydrogens (tertiary/aromatic N) is 1. The minimum absolute atomic E-state index is 0.0566. The second-order valence-electron chi connectivity index (χ2n) is 6.22. The third-order valence-corrected chi connectivity index (χ3v) is 5.83. The molecule has 1 unspecified atom stereocenters. The summed E-state index contributed by atoms with van der Waals surface area (Å²) in [5.41, 5.74) is 5.98. The van der Waals surface area contributed by atoms with Gasteiger partial charge >= 0.3 is 0 Å². The van der Waals surface area contributed by atoms with Crippen LogP contribution >= 0.6 is 0 Å². The van der Waals surface area contributed by atoms with Crippen molar-refractivity contribution in [2.75, 3.05) is 13.1 Å². The Morgan fingerprint density at radius 2 is 2.00 bits per heavy atom. The van der Waals surface area contributed by atoms with Crippen molar-refractivity contribution in [3.8, 4) is 0 Å². The molecule has 132 valence electrons. The number of nitrogens with two attached hydrogens (primary N) is 1. The molecule has 0 radical (unpaired) electrons. The molecule has 0 saturated heterocycles. The monoisotopic (exact) mass is 353 g/mol. The minimum atomic E-state index is -3.88. The Morgan fingerprint density at radius 3 is 2.54 bits per heavy atom. The number of benzene rings is 1. The Kier molecular flexibility index (Phi) is 5.29. The van der Waals surface area contributed by atoms with Crippen molar-refractivity contribution in [3.63, 3.8) is 0 Å². The molecule has 1 aromatic rings. The van der Waals surface area contributed by atoms with Crippen LogP contribution < -0.4 is 11.1 Å². The van der Waals surface area contributed by atoms with Crippen molar-refractivity contribution in [3.05, 3.63) is 29.3 Å². The number of nitrogens with one attached hydrogen (secondary N) is 1. The average molecular weight is 353 g/mol. The Labute approximate surface area is 142 Å². The molecule has 1 heterocycles. The molecule has 1 aromatic carbocycles. The molecule has 24 heavy (non-hydrogen) atoms. The van der Waals surface area contributed by atoms with Crippen molar-refractivity contribution >= 4 is 21.8 Å². The molecule has 1 aliphatic heterocycles. The van der Waals surface area contributed by atoms with Gasteiger partial charge in [-0.2, -0.15) is 0 Å². The van der Waals surface area contributed by atoms with E-state index in [-0.39, 0.29) is 28.6 Å². The molecule has 0 aliphatic carbocycles. The average Bonchev–Trinajstić information content (AvgIpc) is 2.72. The summed E-state index contributed by atoms with van der Waals surface area (Å²) in [6.07, 6.45) is 0.730. The molecule has 0 saturated carbocycles. The van der Waals surface area contributed by atoms with Crippen molar-refractivity contribution in [2.45, 2.75) is 38.1 Å². The van der Waals surface area contributed by atoms with Gasteiger partial charge in [0.2, 0.25) is 0 Å². The van der Waals surface area contributed by atoms with Gasteiger partial charge in [-0.3, -0.25) is 9.59 Å². The van der Waals surface area contributed by atoms with E-state index in [0.29, 0.717) is 12.5 Å². The van der Waals surface area contributed by atoms with Crippen LogP contribution in [0, 0.1) is 5.92 Å². The number of hydrogen-bond acceptors (Lipinski definition) is 5. The number of fused-ring (bicyclic) bond motifs is 1. The third-order valence-electron chi connectivity index (χ3n) is 3.93. The summed E-state index contributed by atoms with van der Waals surface area (Å²) >= 11 is 0. The fourth-order valence-corrected chi connectivity index (χ4v) is 4.38. The molecule has 3 N–H and O–H groups in total. The van der Waals surface area contributed by atoms with Crippen LogP contribution in [-0.4, -0.2) is 43.7 Å². The molecule has 2 amide bonds. The van der Waals surface area contributed by atoms with E-state index in [1.165, 1.54) is 18.2 Å². The highest BCUT2D eigenvalue weighted by molar-refractivity contribution is 7.90. The predicted molar refractivity (Wildman–Crippen MR) is 90.1 cm³/mol.